The zero-order chi connectivity index (χ0) is 16.4. The number of aromatic amines is 1. The van der Waals surface area contributed by atoms with E-state index < -0.39 is 0 Å². The molecule has 0 spiro atoms. The van der Waals surface area contributed by atoms with Crippen LogP contribution in [-0.4, -0.2) is 19.9 Å². The fourth-order valence-electron chi connectivity index (χ4n) is 2.63. The van der Waals surface area contributed by atoms with Crippen LogP contribution >= 0.6 is 0 Å². The number of nitrogens with one attached hydrogen (secondary N) is 1. The first-order chi connectivity index (χ1) is 11.8. The molecular formula is C19H15N5. The number of nitrogens with zero attached hydrogens (tertiary/aromatic N) is 3. The largest absolute Gasteiger partial charge is 0.368 e. The van der Waals surface area contributed by atoms with Gasteiger partial charge in [0, 0.05) is 0 Å². The molecule has 116 valence electrons. The van der Waals surface area contributed by atoms with Crippen molar-refractivity contribution in [1.82, 2.24) is 19.9 Å². The van der Waals surface area contributed by atoms with E-state index in [2.05, 4.69) is 80.6 Å². The van der Waals surface area contributed by atoms with Gasteiger partial charge >= 0.3 is 0 Å². The van der Waals surface area contributed by atoms with Gasteiger partial charge in [0.15, 0.2) is 5.65 Å². The number of benzene rings is 3. The van der Waals surface area contributed by atoms with Crippen LogP contribution in [0.15, 0.2) is 73.2 Å². The molecule has 0 aliphatic carbocycles. The second-order valence-electron chi connectivity index (χ2n) is 5.41. The molecule has 0 amide bonds. The van der Waals surface area contributed by atoms with Crippen LogP contribution in [0.25, 0.3) is 32.7 Å². The predicted molar refractivity (Wildman–Crippen MR) is 97.6 cm³/mol. The lowest BCUT2D eigenvalue weighted by Crippen LogP contribution is -1.93. The maximum Gasteiger partial charge on any atom is 0.222 e. The summed E-state index contributed by atoms with van der Waals surface area (Å²) in [7, 11) is 0. The molecule has 0 saturated heterocycles. The molecule has 0 radical (unpaired) electrons. The SMILES string of the molecule is Nc1ncc2[nH]cnc2n1.c1ccc2cc3ccccc3cc2c1. The molecule has 0 fully saturated rings. The summed E-state index contributed by atoms with van der Waals surface area (Å²) in [6.07, 6.45) is 3.16. The highest BCUT2D eigenvalue weighted by Crippen LogP contribution is 2.22. The number of aromatic nitrogens is 4. The number of anilines is 1. The van der Waals surface area contributed by atoms with Crippen LogP contribution in [0.5, 0.6) is 0 Å². The first kappa shape index (κ1) is 14.1. The van der Waals surface area contributed by atoms with Crippen LogP contribution < -0.4 is 5.73 Å². The van der Waals surface area contributed by atoms with Crippen molar-refractivity contribution in [3.05, 3.63) is 73.2 Å². The van der Waals surface area contributed by atoms with E-state index in [1.165, 1.54) is 21.5 Å². The highest BCUT2D eigenvalue weighted by Gasteiger charge is 1.96. The third-order valence-electron chi connectivity index (χ3n) is 3.81. The van der Waals surface area contributed by atoms with E-state index in [1.54, 1.807) is 12.5 Å². The van der Waals surface area contributed by atoms with Gasteiger partial charge in [-0.15, -0.1) is 0 Å². The van der Waals surface area contributed by atoms with Crippen molar-refractivity contribution in [2.45, 2.75) is 0 Å². The van der Waals surface area contributed by atoms with Crippen molar-refractivity contribution in [2.24, 2.45) is 0 Å². The van der Waals surface area contributed by atoms with Crippen LogP contribution in [0.1, 0.15) is 0 Å². The number of hydrogen-bond donors (Lipinski definition) is 2. The van der Waals surface area contributed by atoms with Crippen LogP contribution in [0.4, 0.5) is 5.95 Å². The molecule has 0 unspecified atom stereocenters. The van der Waals surface area contributed by atoms with E-state index >= 15 is 0 Å². The third-order valence-corrected chi connectivity index (χ3v) is 3.81. The molecule has 5 rings (SSSR count). The summed E-state index contributed by atoms with van der Waals surface area (Å²) in [6.45, 7) is 0. The molecule has 5 heteroatoms. The normalized spacial score (nSPS) is 10.7. The lowest BCUT2D eigenvalue weighted by molar-refractivity contribution is 1.22. The van der Waals surface area contributed by atoms with Gasteiger partial charge in [0.1, 0.15) is 5.52 Å². The molecule has 24 heavy (non-hydrogen) atoms. The van der Waals surface area contributed by atoms with Gasteiger partial charge in [-0.1, -0.05) is 48.5 Å². The summed E-state index contributed by atoms with van der Waals surface area (Å²) in [5.41, 5.74) is 6.71. The molecule has 5 nitrogen and oxygen atoms in total. The van der Waals surface area contributed by atoms with Gasteiger partial charge in [0.2, 0.25) is 5.95 Å². The lowest BCUT2D eigenvalue weighted by atomic mass is 10.0. The van der Waals surface area contributed by atoms with Gasteiger partial charge in [-0.25, -0.2) is 9.97 Å². The summed E-state index contributed by atoms with van der Waals surface area (Å²) in [5, 5.41) is 5.25. The quantitative estimate of drug-likeness (QED) is 0.424. The number of rotatable bonds is 0. The Labute approximate surface area is 138 Å². The smallest absolute Gasteiger partial charge is 0.222 e. The summed E-state index contributed by atoms with van der Waals surface area (Å²) in [4.78, 5) is 14.4. The van der Waals surface area contributed by atoms with Gasteiger partial charge in [-0.05, 0) is 33.7 Å². The number of hydrogen-bond acceptors (Lipinski definition) is 4. The molecule has 0 atom stereocenters. The third kappa shape index (κ3) is 2.75. The van der Waals surface area contributed by atoms with Gasteiger partial charge in [-0.2, -0.15) is 4.98 Å². The summed E-state index contributed by atoms with van der Waals surface area (Å²) < 4.78 is 0. The van der Waals surface area contributed by atoms with Crippen molar-refractivity contribution >= 4 is 38.7 Å². The molecular weight excluding hydrogens is 298 g/mol. The van der Waals surface area contributed by atoms with Crippen molar-refractivity contribution in [2.75, 3.05) is 5.73 Å². The Morgan fingerprint density at radius 3 is 1.83 bits per heavy atom. The predicted octanol–water partition coefficient (Wildman–Crippen LogP) is 3.93. The highest BCUT2D eigenvalue weighted by atomic mass is 15.1. The van der Waals surface area contributed by atoms with E-state index in [0.29, 0.717) is 5.65 Å². The number of H-pyrrole nitrogens is 1. The Bertz CT molecular complexity index is 1030. The van der Waals surface area contributed by atoms with Gasteiger partial charge < -0.3 is 10.7 Å². The molecule has 2 heterocycles. The summed E-state index contributed by atoms with van der Waals surface area (Å²) >= 11 is 0. The molecule has 0 bridgehead atoms. The number of nitrogens with two attached hydrogens (primary N) is 1. The molecule has 0 aliphatic rings. The Kier molecular flexibility index (Phi) is 3.51. The molecule has 0 saturated carbocycles. The number of nitrogen functional groups attached to an aromatic ring is 1. The first-order valence-corrected chi connectivity index (χ1v) is 7.59. The minimum atomic E-state index is 0.250. The first-order valence-electron chi connectivity index (χ1n) is 7.59. The summed E-state index contributed by atoms with van der Waals surface area (Å²) in [5.74, 6) is 0.250. The average Bonchev–Trinajstić information content (AvgIpc) is 3.08. The van der Waals surface area contributed by atoms with Crippen molar-refractivity contribution in [3.8, 4) is 0 Å². The van der Waals surface area contributed by atoms with E-state index in [0.717, 1.165) is 5.52 Å². The van der Waals surface area contributed by atoms with Crippen molar-refractivity contribution in [1.29, 1.82) is 0 Å². The molecule has 3 aromatic carbocycles. The topological polar surface area (TPSA) is 80.5 Å². The van der Waals surface area contributed by atoms with E-state index in [1.807, 2.05) is 0 Å². The fraction of sp³-hybridized carbons (Fsp3) is 0. The highest BCUT2D eigenvalue weighted by molar-refractivity contribution is 5.98. The van der Waals surface area contributed by atoms with Crippen LogP contribution in [0.2, 0.25) is 0 Å². The van der Waals surface area contributed by atoms with E-state index in [4.69, 9.17) is 5.73 Å². The van der Waals surface area contributed by atoms with Crippen molar-refractivity contribution in [3.63, 3.8) is 0 Å². The van der Waals surface area contributed by atoms with Gasteiger partial charge in [-0.3, -0.25) is 0 Å². The second kappa shape index (κ2) is 5.96. The van der Waals surface area contributed by atoms with Gasteiger partial charge in [0.05, 0.1) is 12.5 Å². The monoisotopic (exact) mass is 313 g/mol. The Hall–Kier alpha value is -3.47. The average molecular weight is 313 g/mol. The fourth-order valence-corrected chi connectivity index (χ4v) is 2.63. The maximum absolute atomic E-state index is 5.31. The van der Waals surface area contributed by atoms with Crippen LogP contribution in [0.3, 0.4) is 0 Å². The standard InChI is InChI=1S/C14H10.C5H5N5/c1-2-6-12-10-14-8-4-3-7-13(14)9-11(12)5-1;6-5-7-1-3-4(10-5)9-2-8-3/h1-10H;1-2H,(H3,6,7,8,9,10). The summed E-state index contributed by atoms with van der Waals surface area (Å²) in [6, 6.07) is 21.4. The lowest BCUT2D eigenvalue weighted by Gasteiger charge is -2.00. The molecule has 2 aromatic heterocycles. The van der Waals surface area contributed by atoms with Crippen molar-refractivity contribution < 1.29 is 0 Å². The zero-order valence-corrected chi connectivity index (χ0v) is 12.8. The minimum Gasteiger partial charge on any atom is -0.368 e. The minimum absolute atomic E-state index is 0.250. The van der Waals surface area contributed by atoms with E-state index in [9.17, 15) is 0 Å². The Morgan fingerprint density at radius 2 is 1.29 bits per heavy atom. The van der Waals surface area contributed by atoms with Crippen LogP contribution in [-0.2, 0) is 0 Å². The maximum atomic E-state index is 5.31. The number of fused-ring (bicyclic) bond motifs is 3. The van der Waals surface area contributed by atoms with Gasteiger partial charge in [0.25, 0.3) is 0 Å². The zero-order valence-electron chi connectivity index (χ0n) is 12.8. The molecule has 3 N–H and O–H groups in total. The van der Waals surface area contributed by atoms with E-state index in [-0.39, 0.29) is 5.95 Å². The number of imidazole rings is 1. The second-order valence-corrected chi connectivity index (χ2v) is 5.41. The Balaban J connectivity index is 0.000000129. The molecule has 5 aromatic rings. The Morgan fingerprint density at radius 1 is 0.750 bits per heavy atom. The molecule has 0 aliphatic heterocycles. The van der Waals surface area contributed by atoms with Crippen LogP contribution in [0, 0.1) is 0 Å².